The van der Waals surface area contributed by atoms with Gasteiger partial charge in [-0.15, -0.1) is 0 Å². The quantitative estimate of drug-likeness (QED) is 0.819. The molecule has 1 aromatic rings. The Bertz CT molecular complexity index is 312. The van der Waals surface area contributed by atoms with Crippen molar-refractivity contribution in [1.29, 1.82) is 0 Å². The number of pyridine rings is 1. The van der Waals surface area contributed by atoms with E-state index in [4.69, 9.17) is 0 Å². The second-order valence-electron chi connectivity index (χ2n) is 4.70. The van der Waals surface area contributed by atoms with Crippen LogP contribution < -0.4 is 10.6 Å². The molecule has 1 saturated carbocycles. The molecule has 0 unspecified atom stereocenters. The summed E-state index contributed by atoms with van der Waals surface area (Å²) in [5.74, 6) is 1.01. The van der Waals surface area contributed by atoms with Gasteiger partial charge in [-0.05, 0) is 51.3 Å². The minimum absolute atomic E-state index is 0.597. The molecule has 1 aliphatic carbocycles. The van der Waals surface area contributed by atoms with E-state index in [0.717, 1.165) is 5.82 Å². The van der Waals surface area contributed by atoms with Crippen molar-refractivity contribution in [2.75, 3.05) is 12.4 Å². The molecule has 0 spiro atoms. The molecule has 0 aliphatic heterocycles. The van der Waals surface area contributed by atoms with Gasteiger partial charge in [0, 0.05) is 18.3 Å². The highest BCUT2D eigenvalue weighted by molar-refractivity contribution is 5.36. The summed E-state index contributed by atoms with van der Waals surface area (Å²) in [5.41, 5.74) is 1.21. The van der Waals surface area contributed by atoms with Crippen LogP contribution in [0, 0.1) is 6.92 Å². The molecule has 3 heteroatoms. The molecular formula is C13H21N3. The van der Waals surface area contributed by atoms with Crippen molar-refractivity contribution in [2.24, 2.45) is 0 Å². The molecule has 0 radical (unpaired) electrons. The SMILES string of the molecule is CNC1CCC(Nc2ccc(C)cn2)CC1. The summed E-state index contributed by atoms with van der Waals surface area (Å²) in [4.78, 5) is 4.38. The molecule has 1 aliphatic rings. The summed E-state index contributed by atoms with van der Waals surface area (Å²) < 4.78 is 0. The Morgan fingerprint density at radius 1 is 1.12 bits per heavy atom. The first kappa shape index (κ1) is 11.4. The topological polar surface area (TPSA) is 37.0 Å². The molecule has 2 N–H and O–H groups in total. The van der Waals surface area contributed by atoms with Gasteiger partial charge in [-0.25, -0.2) is 4.98 Å². The Balaban J connectivity index is 1.84. The molecule has 3 nitrogen and oxygen atoms in total. The molecule has 0 saturated heterocycles. The summed E-state index contributed by atoms with van der Waals surface area (Å²) in [6.45, 7) is 2.06. The van der Waals surface area contributed by atoms with E-state index in [1.165, 1.54) is 31.2 Å². The average Bonchev–Trinajstić information content (AvgIpc) is 2.33. The zero-order chi connectivity index (χ0) is 11.4. The third kappa shape index (κ3) is 2.95. The molecule has 0 bridgehead atoms. The molecule has 16 heavy (non-hydrogen) atoms. The van der Waals surface area contributed by atoms with E-state index in [0.29, 0.717) is 12.1 Å². The number of aryl methyl sites for hydroxylation is 1. The van der Waals surface area contributed by atoms with Crippen molar-refractivity contribution in [3.8, 4) is 0 Å². The van der Waals surface area contributed by atoms with Gasteiger partial charge in [-0.3, -0.25) is 0 Å². The van der Waals surface area contributed by atoms with Crippen LogP contribution in [0.2, 0.25) is 0 Å². The third-order valence-corrected chi connectivity index (χ3v) is 3.40. The molecule has 0 aromatic carbocycles. The van der Waals surface area contributed by atoms with Crippen molar-refractivity contribution in [1.82, 2.24) is 10.3 Å². The number of aromatic nitrogens is 1. The summed E-state index contributed by atoms with van der Waals surface area (Å²) in [6.07, 6.45) is 6.92. The minimum atomic E-state index is 0.597. The van der Waals surface area contributed by atoms with Crippen molar-refractivity contribution in [3.63, 3.8) is 0 Å². The van der Waals surface area contributed by atoms with Gasteiger partial charge >= 0.3 is 0 Å². The fourth-order valence-corrected chi connectivity index (χ4v) is 2.29. The van der Waals surface area contributed by atoms with Gasteiger partial charge in [-0.1, -0.05) is 6.07 Å². The maximum absolute atomic E-state index is 4.38. The first-order valence-electron chi connectivity index (χ1n) is 6.14. The Kier molecular flexibility index (Phi) is 3.78. The van der Waals surface area contributed by atoms with Crippen molar-refractivity contribution < 1.29 is 0 Å². The Morgan fingerprint density at radius 3 is 2.38 bits per heavy atom. The largest absolute Gasteiger partial charge is 0.367 e. The van der Waals surface area contributed by atoms with Crippen LogP contribution in [0.1, 0.15) is 31.2 Å². The molecule has 0 atom stereocenters. The lowest BCUT2D eigenvalue weighted by Crippen LogP contribution is -2.35. The molecule has 88 valence electrons. The zero-order valence-electron chi connectivity index (χ0n) is 10.2. The zero-order valence-corrected chi connectivity index (χ0v) is 10.2. The van der Waals surface area contributed by atoms with E-state index in [9.17, 15) is 0 Å². The van der Waals surface area contributed by atoms with E-state index >= 15 is 0 Å². The summed E-state index contributed by atoms with van der Waals surface area (Å²) in [5, 5.41) is 6.87. The van der Waals surface area contributed by atoms with Crippen LogP contribution in [0.3, 0.4) is 0 Å². The number of nitrogens with one attached hydrogen (secondary N) is 2. The standard InChI is InChI=1S/C13H21N3/c1-10-3-8-13(15-9-10)16-12-6-4-11(14-2)5-7-12/h3,8-9,11-12,14H,4-7H2,1-2H3,(H,15,16). The van der Waals surface area contributed by atoms with Gasteiger partial charge < -0.3 is 10.6 Å². The van der Waals surface area contributed by atoms with E-state index < -0.39 is 0 Å². The molecule has 1 aromatic heterocycles. The van der Waals surface area contributed by atoms with Crippen LogP contribution in [0.4, 0.5) is 5.82 Å². The van der Waals surface area contributed by atoms with E-state index in [1.54, 1.807) is 0 Å². The maximum Gasteiger partial charge on any atom is 0.126 e. The second-order valence-corrected chi connectivity index (χ2v) is 4.70. The predicted octanol–water partition coefficient (Wildman–Crippen LogP) is 2.33. The maximum atomic E-state index is 4.38. The number of anilines is 1. The predicted molar refractivity (Wildman–Crippen MR) is 67.7 cm³/mol. The van der Waals surface area contributed by atoms with Crippen LogP contribution in [0.5, 0.6) is 0 Å². The third-order valence-electron chi connectivity index (χ3n) is 3.40. The minimum Gasteiger partial charge on any atom is -0.367 e. The van der Waals surface area contributed by atoms with Gasteiger partial charge in [-0.2, -0.15) is 0 Å². The van der Waals surface area contributed by atoms with Crippen LogP contribution in [0.15, 0.2) is 18.3 Å². The first-order chi connectivity index (χ1) is 7.78. The Hall–Kier alpha value is -1.09. The number of hydrogen-bond acceptors (Lipinski definition) is 3. The van der Waals surface area contributed by atoms with Gasteiger partial charge in [0.05, 0.1) is 0 Å². The first-order valence-corrected chi connectivity index (χ1v) is 6.14. The summed E-state index contributed by atoms with van der Waals surface area (Å²) in [7, 11) is 2.06. The normalized spacial score (nSPS) is 25.4. The highest BCUT2D eigenvalue weighted by Gasteiger charge is 2.19. The van der Waals surface area contributed by atoms with Crippen molar-refractivity contribution >= 4 is 5.82 Å². The fourth-order valence-electron chi connectivity index (χ4n) is 2.29. The molecule has 0 amide bonds. The lowest BCUT2D eigenvalue weighted by Gasteiger charge is -2.29. The van der Waals surface area contributed by atoms with E-state index in [1.807, 2.05) is 6.20 Å². The number of rotatable bonds is 3. The van der Waals surface area contributed by atoms with Gasteiger partial charge in [0.1, 0.15) is 5.82 Å². The number of hydrogen-bond donors (Lipinski definition) is 2. The smallest absolute Gasteiger partial charge is 0.126 e. The average molecular weight is 219 g/mol. The lowest BCUT2D eigenvalue weighted by molar-refractivity contribution is 0.371. The Morgan fingerprint density at radius 2 is 1.81 bits per heavy atom. The molecular weight excluding hydrogens is 198 g/mol. The van der Waals surface area contributed by atoms with Crippen molar-refractivity contribution in [2.45, 2.75) is 44.7 Å². The molecule has 2 rings (SSSR count). The second kappa shape index (κ2) is 5.30. The van der Waals surface area contributed by atoms with Gasteiger partial charge in [0.25, 0.3) is 0 Å². The van der Waals surface area contributed by atoms with Crippen LogP contribution in [-0.2, 0) is 0 Å². The highest BCUT2D eigenvalue weighted by atomic mass is 15.0. The summed E-state index contributed by atoms with van der Waals surface area (Å²) >= 11 is 0. The fraction of sp³-hybridized carbons (Fsp3) is 0.615. The lowest BCUT2D eigenvalue weighted by atomic mass is 9.91. The van der Waals surface area contributed by atoms with Crippen molar-refractivity contribution in [3.05, 3.63) is 23.9 Å². The summed E-state index contributed by atoms with van der Waals surface area (Å²) in [6, 6.07) is 5.48. The van der Waals surface area contributed by atoms with Gasteiger partial charge in [0.2, 0.25) is 0 Å². The number of nitrogens with zero attached hydrogens (tertiary/aromatic N) is 1. The monoisotopic (exact) mass is 219 g/mol. The molecule has 1 fully saturated rings. The van der Waals surface area contributed by atoms with Crippen LogP contribution in [-0.4, -0.2) is 24.1 Å². The molecule has 1 heterocycles. The van der Waals surface area contributed by atoms with E-state index in [2.05, 4.69) is 41.7 Å². The van der Waals surface area contributed by atoms with Crippen LogP contribution >= 0.6 is 0 Å². The van der Waals surface area contributed by atoms with Crippen LogP contribution in [0.25, 0.3) is 0 Å². The van der Waals surface area contributed by atoms with E-state index in [-0.39, 0.29) is 0 Å². The highest BCUT2D eigenvalue weighted by Crippen LogP contribution is 2.21. The Labute approximate surface area is 97.7 Å². The van der Waals surface area contributed by atoms with Gasteiger partial charge in [0.15, 0.2) is 0 Å².